The van der Waals surface area contributed by atoms with E-state index in [1.165, 1.54) is 84.6 Å². The fourth-order valence-electron chi connectivity index (χ4n) is 12.1. The molecule has 0 amide bonds. The summed E-state index contributed by atoms with van der Waals surface area (Å²) in [5, 5.41) is 1.14. The molecule has 4 aliphatic rings. The molecule has 1 aromatic heterocycles. The molecule has 328 valence electrons. The van der Waals surface area contributed by atoms with Crippen LogP contribution in [0.25, 0.3) is 28.2 Å². The number of rotatable bonds is 4. The standard InChI is InChI=1S/C61H65BN2O/c1-14-38-31-51-54-52(32-38)64(49-24-21-40(57(3,4)5)33-42(49)39-18-16-15-17-19-39)55-43-30-37(2)20-25-53(43)65-56(55)62(54)48-35-46-47(61(12,13)29-28-60(46,10)11)36-50(48)63(51)41-22-23-44-45(34-41)59(8,9)27-26-58(44,6)7/h14-25,30-36H,1,26-29H2,2-13H3. The van der Waals surface area contributed by atoms with Crippen LogP contribution < -0.4 is 26.4 Å². The fraction of sp³-hybridized carbons (Fsp3) is 0.344. The van der Waals surface area contributed by atoms with Crippen LogP contribution in [0.4, 0.5) is 34.1 Å². The van der Waals surface area contributed by atoms with Crippen molar-refractivity contribution in [1.29, 1.82) is 0 Å². The van der Waals surface area contributed by atoms with Crippen molar-refractivity contribution in [2.75, 3.05) is 9.80 Å². The van der Waals surface area contributed by atoms with Gasteiger partial charge in [0.25, 0.3) is 6.71 Å². The zero-order chi connectivity index (χ0) is 45.7. The maximum atomic E-state index is 7.41. The number of benzene rings is 6. The van der Waals surface area contributed by atoms with Gasteiger partial charge in [0, 0.05) is 33.7 Å². The minimum absolute atomic E-state index is 0.0237. The molecule has 0 atom stereocenters. The lowest BCUT2D eigenvalue weighted by molar-refractivity contribution is 0.332. The molecule has 0 saturated carbocycles. The molecule has 7 aromatic rings. The maximum absolute atomic E-state index is 7.41. The maximum Gasteiger partial charge on any atom is 0.297 e. The Balaban J connectivity index is 1.29. The van der Waals surface area contributed by atoms with Crippen molar-refractivity contribution in [1.82, 2.24) is 0 Å². The highest BCUT2D eigenvalue weighted by molar-refractivity contribution is 7.00. The largest absolute Gasteiger partial charge is 0.468 e. The van der Waals surface area contributed by atoms with E-state index in [1.54, 1.807) is 0 Å². The van der Waals surface area contributed by atoms with Crippen molar-refractivity contribution >= 4 is 74.5 Å². The quantitative estimate of drug-likeness (QED) is 0.164. The lowest BCUT2D eigenvalue weighted by atomic mass is 9.35. The third kappa shape index (κ3) is 6.29. The zero-order valence-corrected chi connectivity index (χ0v) is 40.9. The average Bonchev–Trinajstić information content (AvgIpc) is 3.64. The predicted octanol–water partition coefficient (Wildman–Crippen LogP) is 15.1. The first-order chi connectivity index (χ1) is 30.7. The van der Waals surface area contributed by atoms with E-state index in [0.717, 1.165) is 52.8 Å². The minimum Gasteiger partial charge on any atom is -0.468 e. The van der Waals surface area contributed by atoms with E-state index in [2.05, 4.69) is 209 Å². The Morgan fingerprint density at radius 2 is 1.22 bits per heavy atom. The van der Waals surface area contributed by atoms with Gasteiger partial charge in [-0.2, -0.15) is 0 Å². The van der Waals surface area contributed by atoms with Crippen molar-refractivity contribution in [3.8, 4) is 11.1 Å². The Hall–Kier alpha value is -5.74. The first-order valence-corrected chi connectivity index (χ1v) is 24.2. The van der Waals surface area contributed by atoms with Crippen LogP contribution in [-0.4, -0.2) is 6.71 Å². The normalized spacial score (nSPS) is 18.4. The Morgan fingerprint density at radius 3 is 1.86 bits per heavy atom. The second-order valence-corrected chi connectivity index (χ2v) is 23.7. The highest BCUT2D eigenvalue weighted by Gasteiger charge is 2.50. The summed E-state index contributed by atoms with van der Waals surface area (Å²) < 4.78 is 7.41. The van der Waals surface area contributed by atoms with Gasteiger partial charge in [-0.05, 0) is 164 Å². The van der Waals surface area contributed by atoms with Crippen LogP contribution in [0.5, 0.6) is 0 Å². The monoisotopic (exact) mass is 853 g/mol. The molecule has 0 bridgehead atoms. The molecular formula is C61H65BN2O. The number of aryl methyl sites for hydroxylation is 1. The first-order valence-electron chi connectivity index (χ1n) is 24.2. The summed E-state index contributed by atoms with van der Waals surface area (Å²) in [6.07, 6.45) is 6.69. The van der Waals surface area contributed by atoms with Crippen molar-refractivity contribution in [3.05, 3.63) is 155 Å². The molecular weight excluding hydrogens is 787 g/mol. The van der Waals surface area contributed by atoms with Crippen LogP contribution in [-0.2, 0) is 27.1 Å². The van der Waals surface area contributed by atoms with Crippen LogP contribution in [0.15, 0.2) is 120 Å². The smallest absolute Gasteiger partial charge is 0.297 e. The number of furan rings is 1. The highest BCUT2D eigenvalue weighted by atomic mass is 16.3. The van der Waals surface area contributed by atoms with Crippen molar-refractivity contribution in [2.45, 2.75) is 136 Å². The third-order valence-corrected chi connectivity index (χ3v) is 16.3. The van der Waals surface area contributed by atoms with E-state index < -0.39 is 0 Å². The molecule has 6 aromatic carbocycles. The van der Waals surface area contributed by atoms with Gasteiger partial charge in [-0.25, -0.2) is 0 Å². The van der Waals surface area contributed by atoms with Gasteiger partial charge >= 0.3 is 0 Å². The van der Waals surface area contributed by atoms with E-state index in [9.17, 15) is 0 Å². The number of fused-ring (bicyclic) bond motifs is 8. The molecule has 0 saturated heterocycles. The molecule has 0 radical (unpaired) electrons. The molecule has 4 heteroatoms. The summed E-state index contributed by atoms with van der Waals surface area (Å²) in [7, 11) is 0. The molecule has 65 heavy (non-hydrogen) atoms. The lowest BCUT2D eigenvalue weighted by Crippen LogP contribution is -2.61. The van der Waals surface area contributed by atoms with Crippen molar-refractivity contribution in [3.63, 3.8) is 0 Å². The van der Waals surface area contributed by atoms with E-state index in [-0.39, 0.29) is 33.8 Å². The molecule has 2 aliphatic heterocycles. The van der Waals surface area contributed by atoms with Gasteiger partial charge in [0.15, 0.2) is 0 Å². The van der Waals surface area contributed by atoms with Gasteiger partial charge in [-0.3, -0.25) is 0 Å². The SMILES string of the molecule is C=Cc1cc2c3c(c1)N(c1ccc(C(C)(C)C)cc1-c1ccccc1)c1c(oc4ccc(C)cc14)B3c1cc3c(cc1N2c1ccc2c(c1)C(C)(C)CCC2(C)C)C(C)(C)CCC3(C)C. The molecule has 0 N–H and O–H groups in total. The molecule has 11 rings (SSSR count). The summed E-state index contributed by atoms with van der Waals surface area (Å²) in [5.41, 5.74) is 23.7. The summed E-state index contributed by atoms with van der Waals surface area (Å²) in [6, 6.07) is 42.3. The third-order valence-electron chi connectivity index (χ3n) is 16.3. The van der Waals surface area contributed by atoms with Gasteiger partial charge in [-0.1, -0.05) is 149 Å². The first kappa shape index (κ1) is 41.9. The van der Waals surface area contributed by atoms with Crippen LogP contribution in [0, 0.1) is 6.92 Å². The molecule has 2 aliphatic carbocycles. The molecule has 0 unspecified atom stereocenters. The summed E-state index contributed by atoms with van der Waals surface area (Å²) in [6.45, 7) is 33.1. The summed E-state index contributed by atoms with van der Waals surface area (Å²) in [5.74, 6) is 0. The Labute approximate surface area is 388 Å². The fourth-order valence-corrected chi connectivity index (χ4v) is 12.1. The molecule has 0 fully saturated rings. The van der Waals surface area contributed by atoms with Crippen LogP contribution in [0.3, 0.4) is 0 Å². The van der Waals surface area contributed by atoms with Crippen molar-refractivity contribution in [2.24, 2.45) is 0 Å². The van der Waals surface area contributed by atoms with Crippen LogP contribution in [0.2, 0.25) is 0 Å². The van der Waals surface area contributed by atoms with Gasteiger partial charge in [0.05, 0.1) is 17.0 Å². The number of hydrogen-bond acceptors (Lipinski definition) is 3. The Kier molecular flexibility index (Phi) is 8.96. The topological polar surface area (TPSA) is 19.6 Å². The number of nitrogens with zero attached hydrogens (tertiary/aromatic N) is 2. The molecule has 3 heterocycles. The Morgan fingerprint density at radius 1 is 0.600 bits per heavy atom. The van der Waals surface area contributed by atoms with Gasteiger partial charge in [0.1, 0.15) is 5.58 Å². The summed E-state index contributed by atoms with van der Waals surface area (Å²) >= 11 is 0. The second-order valence-electron chi connectivity index (χ2n) is 23.7. The average molecular weight is 853 g/mol. The highest BCUT2D eigenvalue weighted by Crippen LogP contribution is 2.54. The zero-order valence-electron chi connectivity index (χ0n) is 40.9. The lowest BCUT2D eigenvalue weighted by Gasteiger charge is -2.47. The Bertz CT molecular complexity index is 3130. The van der Waals surface area contributed by atoms with E-state index >= 15 is 0 Å². The molecule has 3 nitrogen and oxygen atoms in total. The van der Waals surface area contributed by atoms with E-state index in [0.29, 0.717) is 0 Å². The minimum atomic E-state index is -0.141. The predicted molar refractivity (Wildman–Crippen MR) is 280 cm³/mol. The van der Waals surface area contributed by atoms with Gasteiger partial charge in [0.2, 0.25) is 0 Å². The number of anilines is 6. The van der Waals surface area contributed by atoms with E-state index in [1.807, 2.05) is 6.08 Å². The van der Waals surface area contributed by atoms with Gasteiger partial charge < -0.3 is 14.2 Å². The number of hydrogen-bond donors (Lipinski definition) is 0. The molecule has 0 spiro atoms. The summed E-state index contributed by atoms with van der Waals surface area (Å²) in [4.78, 5) is 5.19. The second kappa shape index (κ2) is 13.9. The van der Waals surface area contributed by atoms with E-state index in [4.69, 9.17) is 4.42 Å². The van der Waals surface area contributed by atoms with Crippen LogP contribution in [0.1, 0.15) is 141 Å². The van der Waals surface area contributed by atoms with Crippen LogP contribution >= 0.6 is 0 Å². The van der Waals surface area contributed by atoms with Crippen molar-refractivity contribution < 1.29 is 4.42 Å². The van der Waals surface area contributed by atoms with Gasteiger partial charge in [-0.15, -0.1) is 0 Å².